The Bertz CT molecular complexity index is 586. The molecule has 25 heavy (non-hydrogen) atoms. The number of amides is 1. The van der Waals surface area contributed by atoms with E-state index in [0.717, 1.165) is 43.7 Å². The van der Waals surface area contributed by atoms with Crippen molar-refractivity contribution in [3.63, 3.8) is 0 Å². The number of carbonyl (C=O) groups is 1. The van der Waals surface area contributed by atoms with Crippen molar-refractivity contribution in [1.29, 1.82) is 0 Å². The van der Waals surface area contributed by atoms with Gasteiger partial charge in [-0.1, -0.05) is 18.9 Å². The average Bonchev–Trinajstić information content (AvgIpc) is 3.27. The number of thioether (sulfide) groups is 1. The number of hydrogen-bond donors (Lipinski definition) is 0. The van der Waals surface area contributed by atoms with Crippen molar-refractivity contribution in [3.8, 4) is 0 Å². The molecule has 6 heteroatoms. The van der Waals surface area contributed by atoms with Crippen molar-refractivity contribution in [2.75, 3.05) is 25.4 Å². The molecule has 4 rings (SSSR count). The van der Waals surface area contributed by atoms with Crippen LogP contribution in [0, 0.1) is 0 Å². The van der Waals surface area contributed by atoms with Gasteiger partial charge in [0.15, 0.2) is 0 Å². The van der Waals surface area contributed by atoms with E-state index in [2.05, 4.69) is 4.98 Å². The Morgan fingerprint density at radius 3 is 2.88 bits per heavy atom. The lowest BCUT2D eigenvalue weighted by atomic mass is 9.93. The Hall–Kier alpha value is -1.11. The van der Waals surface area contributed by atoms with Crippen LogP contribution in [0.15, 0.2) is 24.5 Å². The number of nitrogens with zero attached hydrogens (tertiary/aromatic N) is 2. The van der Waals surface area contributed by atoms with Gasteiger partial charge >= 0.3 is 0 Å². The molecule has 0 unspecified atom stereocenters. The lowest BCUT2D eigenvalue weighted by Crippen LogP contribution is -2.61. The minimum atomic E-state index is 0.151. The summed E-state index contributed by atoms with van der Waals surface area (Å²) in [5, 5.41) is 0. The molecule has 0 aromatic carbocycles. The van der Waals surface area contributed by atoms with Gasteiger partial charge in [0.1, 0.15) is 6.61 Å². The monoisotopic (exact) mass is 362 g/mol. The molecule has 1 atom stereocenters. The van der Waals surface area contributed by atoms with Crippen LogP contribution in [0.2, 0.25) is 0 Å². The molecule has 0 N–H and O–H groups in total. The zero-order valence-corrected chi connectivity index (χ0v) is 15.4. The van der Waals surface area contributed by atoms with E-state index >= 15 is 0 Å². The predicted molar refractivity (Wildman–Crippen MR) is 97.4 cm³/mol. The summed E-state index contributed by atoms with van der Waals surface area (Å²) in [5.74, 6) is 1.17. The smallest absolute Gasteiger partial charge is 0.248 e. The molecule has 1 saturated carbocycles. The number of likely N-dealkylation sites (tertiary alicyclic amines) is 1. The quantitative estimate of drug-likeness (QED) is 0.779. The molecule has 1 aromatic rings. The highest BCUT2D eigenvalue weighted by atomic mass is 32.2. The van der Waals surface area contributed by atoms with Crippen molar-refractivity contribution in [1.82, 2.24) is 9.88 Å². The molecule has 1 amide bonds. The zero-order chi connectivity index (χ0) is 17.1. The summed E-state index contributed by atoms with van der Waals surface area (Å²) in [6.45, 7) is 2.56. The Kier molecular flexibility index (Phi) is 5.29. The van der Waals surface area contributed by atoms with Crippen molar-refractivity contribution in [2.24, 2.45) is 0 Å². The summed E-state index contributed by atoms with van der Waals surface area (Å²) in [6.07, 6.45) is 9.96. The second-order valence-electron chi connectivity index (χ2n) is 7.46. The van der Waals surface area contributed by atoms with Gasteiger partial charge in [-0.25, -0.2) is 0 Å². The van der Waals surface area contributed by atoms with Gasteiger partial charge < -0.3 is 14.4 Å². The second kappa shape index (κ2) is 7.64. The van der Waals surface area contributed by atoms with Gasteiger partial charge in [0.25, 0.3) is 0 Å². The molecule has 0 bridgehead atoms. The van der Waals surface area contributed by atoms with Crippen LogP contribution in [0.4, 0.5) is 0 Å². The third-order valence-electron chi connectivity index (χ3n) is 5.44. The Morgan fingerprint density at radius 2 is 2.12 bits per heavy atom. The fourth-order valence-electron chi connectivity index (χ4n) is 3.99. The van der Waals surface area contributed by atoms with Crippen LogP contribution in [0.5, 0.6) is 0 Å². The van der Waals surface area contributed by atoms with Gasteiger partial charge in [0.2, 0.25) is 5.91 Å². The number of ether oxygens (including phenoxy) is 2. The molecule has 2 aliphatic heterocycles. The molecule has 3 fully saturated rings. The molecule has 2 saturated heterocycles. The van der Waals surface area contributed by atoms with Crippen LogP contribution in [0.3, 0.4) is 0 Å². The minimum Gasteiger partial charge on any atom is -0.373 e. The van der Waals surface area contributed by atoms with Gasteiger partial charge in [0, 0.05) is 31.2 Å². The average molecular weight is 362 g/mol. The molecule has 1 aromatic heterocycles. The molecule has 5 nitrogen and oxygen atoms in total. The third kappa shape index (κ3) is 4.18. The van der Waals surface area contributed by atoms with Gasteiger partial charge in [-0.3, -0.25) is 9.78 Å². The molecular weight excluding hydrogens is 336 g/mol. The topological polar surface area (TPSA) is 51.7 Å². The van der Waals surface area contributed by atoms with Gasteiger partial charge in [-0.2, -0.15) is 0 Å². The highest BCUT2D eigenvalue weighted by Gasteiger charge is 2.50. The third-order valence-corrected chi connectivity index (χ3v) is 7.01. The van der Waals surface area contributed by atoms with Crippen LogP contribution >= 0.6 is 11.8 Å². The van der Waals surface area contributed by atoms with Crippen molar-refractivity contribution in [3.05, 3.63) is 30.1 Å². The highest BCUT2D eigenvalue weighted by molar-refractivity contribution is 8.01. The molecule has 136 valence electrons. The lowest BCUT2D eigenvalue weighted by molar-refractivity contribution is -0.143. The number of pyridine rings is 1. The molecule has 0 radical (unpaired) electrons. The molecule has 3 aliphatic rings. The normalized spacial score (nSPS) is 25.4. The molecular formula is C19H26N2O3S. The van der Waals surface area contributed by atoms with E-state index in [0.29, 0.717) is 12.7 Å². The van der Waals surface area contributed by atoms with Crippen molar-refractivity contribution >= 4 is 17.7 Å². The maximum absolute atomic E-state index is 12.3. The largest absolute Gasteiger partial charge is 0.373 e. The highest BCUT2D eigenvalue weighted by Crippen LogP contribution is 2.46. The SMILES string of the molecule is O=C(COC1CCCC1)N1CC2(C[C@H](OCc3cccnc3)CS2)C1. The Morgan fingerprint density at radius 1 is 1.28 bits per heavy atom. The number of aromatic nitrogens is 1. The molecule has 3 heterocycles. The first kappa shape index (κ1) is 17.3. The number of carbonyl (C=O) groups excluding carboxylic acids is 1. The fraction of sp³-hybridized carbons (Fsp3) is 0.684. The summed E-state index contributed by atoms with van der Waals surface area (Å²) in [7, 11) is 0. The van der Waals surface area contributed by atoms with E-state index in [1.54, 1.807) is 6.20 Å². The van der Waals surface area contributed by atoms with Crippen LogP contribution in [0.25, 0.3) is 0 Å². The maximum atomic E-state index is 12.3. The summed E-state index contributed by atoms with van der Waals surface area (Å²) >= 11 is 1.96. The van der Waals surface area contributed by atoms with E-state index in [4.69, 9.17) is 9.47 Å². The van der Waals surface area contributed by atoms with Gasteiger partial charge in [-0.05, 0) is 30.9 Å². The molecule has 1 spiro atoms. The predicted octanol–water partition coefficient (Wildman–Crippen LogP) is 2.64. The zero-order valence-electron chi connectivity index (χ0n) is 14.6. The van der Waals surface area contributed by atoms with Crippen LogP contribution < -0.4 is 0 Å². The molecule has 1 aliphatic carbocycles. The van der Waals surface area contributed by atoms with E-state index in [9.17, 15) is 4.79 Å². The summed E-state index contributed by atoms with van der Waals surface area (Å²) in [4.78, 5) is 18.3. The minimum absolute atomic E-state index is 0.151. The first-order valence-electron chi connectivity index (χ1n) is 9.26. The standard InChI is InChI=1S/C19H26N2O3S/c22-18(11-24-16-5-1-2-6-16)21-13-19(14-21)8-17(12-25-19)23-10-15-4-3-7-20-9-15/h3-4,7,9,16-17H,1-2,5-6,8,10-14H2/t17-/m0/s1. The van der Waals surface area contributed by atoms with Crippen molar-refractivity contribution in [2.45, 2.75) is 55.7 Å². The first-order chi connectivity index (χ1) is 12.2. The van der Waals surface area contributed by atoms with Gasteiger partial charge in [0.05, 0.1) is 23.6 Å². The van der Waals surface area contributed by atoms with E-state index in [-0.39, 0.29) is 23.4 Å². The van der Waals surface area contributed by atoms with E-state index < -0.39 is 0 Å². The number of rotatable bonds is 6. The fourth-order valence-corrected chi connectivity index (χ4v) is 5.54. The van der Waals surface area contributed by atoms with Crippen LogP contribution in [-0.4, -0.2) is 58.2 Å². The van der Waals surface area contributed by atoms with Gasteiger partial charge in [-0.15, -0.1) is 11.8 Å². The van der Waals surface area contributed by atoms with Crippen LogP contribution in [0.1, 0.15) is 37.7 Å². The van der Waals surface area contributed by atoms with E-state index in [1.807, 2.05) is 35.0 Å². The summed E-state index contributed by atoms with van der Waals surface area (Å²) < 4.78 is 12.0. The lowest BCUT2D eigenvalue weighted by Gasteiger charge is -2.47. The number of hydrogen-bond acceptors (Lipinski definition) is 5. The van der Waals surface area contributed by atoms with Crippen LogP contribution in [-0.2, 0) is 20.9 Å². The first-order valence-corrected chi connectivity index (χ1v) is 10.2. The Labute approximate surface area is 153 Å². The van der Waals surface area contributed by atoms with Crippen molar-refractivity contribution < 1.29 is 14.3 Å². The van der Waals surface area contributed by atoms with E-state index in [1.165, 1.54) is 12.8 Å². The summed E-state index contributed by atoms with van der Waals surface area (Å²) in [5.41, 5.74) is 1.11. The summed E-state index contributed by atoms with van der Waals surface area (Å²) in [6, 6.07) is 3.98. The second-order valence-corrected chi connectivity index (χ2v) is 8.95. The Balaban J connectivity index is 1.17. The maximum Gasteiger partial charge on any atom is 0.248 e.